The minimum Gasteiger partial charge on any atom is -0.390 e. The molecule has 1 aliphatic rings. The number of aliphatic hydroxyl groups is 1. The molecule has 0 bridgehead atoms. The van der Waals surface area contributed by atoms with Crippen molar-refractivity contribution >= 4 is 11.6 Å². The van der Waals surface area contributed by atoms with Gasteiger partial charge in [0.15, 0.2) is 5.65 Å². The second-order valence-electron chi connectivity index (χ2n) is 7.42. The lowest BCUT2D eigenvalue weighted by molar-refractivity contribution is 0.0838. The Morgan fingerprint density at radius 2 is 2.07 bits per heavy atom. The highest BCUT2D eigenvalue weighted by Gasteiger charge is 2.20. The molecule has 0 saturated carbocycles. The molecule has 0 spiro atoms. The van der Waals surface area contributed by atoms with E-state index >= 15 is 0 Å². The van der Waals surface area contributed by atoms with E-state index in [1.165, 1.54) is 11.1 Å². The first kappa shape index (κ1) is 18.6. The number of nitrogens with zero attached hydrogens (tertiary/aromatic N) is 4. The maximum absolute atomic E-state index is 12.5. The smallest absolute Gasteiger partial charge is 0.271 e. The van der Waals surface area contributed by atoms with E-state index in [0.29, 0.717) is 17.9 Å². The SMILES string of the molecule is Cc1cn2c(C)c(C(=O)NCC(O)CN3CCc4ccccc4C3)nc2cn1. The highest BCUT2D eigenvalue weighted by atomic mass is 16.3. The number of nitrogens with one attached hydrogen (secondary N) is 1. The molecule has 2 N–H and O–H groups in total. The van der Waals surface area contributed by atoms with Crippen LogP contribution in [0.5, 0.6) is 0 Å². The maximum atomic E-state index is 12.5. The molecule has 0 radical (unpaired) electrons. The number of carbonyl (C=O) groups excluding carboxylic acids is 1. The quantitative estimate of drug-likeness (QED) is 0.702. The predicted molar refractivity (Wildman–Crippen MR) is 106 cm³/mol. The number of aryl methyl sites for hydroxylation is 2. The molecule has 1 amide bonds. The van der Waals surface area contributed by atoms with E-state index in [1.54, 1.807) is 6.20 Å². The summed E-state index contributed by atoms with van der Waals surface area (Å²) >= 11 is 0. The van der Waals surface area contributed by atoms with Crippen molar-refractivity contribution in [2.45, 2.75) is 32.9 Å². The predicted octanol–water partition coefficient (Wildman–Crippen LogP) is 1.50. The lowest BCUT2D eigenvalue weighted by Gasteiger charge is -2.30. The third-order valence-corrected chi connectivity index (χ3v) is 5.27. The van der Waals surface area contributed by atoms with Crippen molar-refractivity contribution in [2.75, 3.05) is 19.6 Å². The summed E-state index contributed by atoms with van der Waals surface area (Å²) in [4.78, 5) is 23.4. The number of fused-ring (bicyclic) bond motifs is 2. The monoisotopic (exact) mass is 379 g/mol. The average molecular weight is 379 g/mol. The van der Waals surface area contributed by atoms with Crippen molar-refractivity contribution in [3.8, 4) is 0 Å². The average Bonchev–Trinajstić information content (AvgIpc) is 3.02. The zero-order valence-corrected chi connectivity index (χ0v) is 16.2. The van der Waals surface area contributed by atoms with Crippen LogP contribution in [-0.2, 0) is 13.0 Å². The normalized spacial score (nSPS) is 15.4. The number of hydrogen-bond donors (Lipinski definition) is 2. The number of rotatable bonds is 5. The summed E-state index contributed by atoms with van der Waals surface area (Å²) < 4.78 is 1.86. The van der Waals surface area contributed by atoms with Crippen LogP contribution in [0.15, 0.2) is 36.7 Å². The number of aromatic nitrogens is 3. The van der Waals surface area contributed by atoms with Crippen LogP contribution in [0.3, 0.4) is 0 Å². The van der Waals surface area contributed by atoms with E-state index in [0.717, 1.165) is 30.9 Å². The van der Waals surface area contributed by atoms with Gasteiger partial charge in [0.05, 0.1) is 23.7 Å². The van der Waals surface area contributed by atoms with E-state index in [2.05, 4.69) is 38.4 Å². The number of β-amino-alcohol motifs (C(OH)–C–C–N with tert-alkyl or cyclic N) is 1. The summed E-state index contributed by atoms with van der Waals surface area (Å²) in [6.07, 6.45) is 3.87. The van der Waals surface area contributed by atoms with E-state index in [-0.39, 0.29) is 12.5 Å². The molecule has 1 unspecified atom stereocenters. The largest absolute Gasteiger partial charge is 0.390 e. The molecular weight excluding hydrogens is 354 g/mol. The lowest BCUT2D eigenvalue weighted by atomic mass is 10.00. The molecule has 0 aliphatic carbocycles. The highest BCUT2D eigenvalue weighted by molar-refractivity contribution is 5.94. The minimum atomic E-state index is -0.629. The van der Waals surface area contributed by atoms with Gasteiger partial charge in [0, 0.05) is 32.4 Å². The number of imidazole rings is 1. The first-order chi connectivity index (χ1) is 13.5. The highest BCUT2D eigenvalue weighted by Crippen LogP contribution is 2.18. The molecule has 4 rings (SSSR count). The number of hydrogen-bond acceptors (Lipinski definition) is 5. The fourth-order valence-corrected chi connectivity index (χ4v) is 3.75. The van der Waals surface area contributed by atoms with Crippen molar-refractivity contribution in [1.29, 1.82) is 0 Å². The van der Waals surface area contributed by atoms with Gasteiger partial charge in [-0.3, -0.25) is 14.7 Å². The molecule has 0 fully saturated rings. The van der Waals surface area contributed by atoms with Crippen molar-refractivity contribution in [1.82, 2.24) is 24.6 Å². The second-order valence-corrected chi connectivity index (χ2v) is 7.42. The maximum Gasteiger partial charge on any atom is 0.271 e. The van der Waals surface area contributed by atoms with Gasteiger partial charge >= 0.3 is 0 Å². The van der Waals surface area contributed by atoms with Crippen LogP contribution in [0.2, 0.25) is 0 Å². The van der Waals surface area contributed by atoms with Crippen LogP contribution in [0.25, 0.3) is 5.65 Å². The van der Waals surface area contributed by atoms with Crippen LogP contribution in [0, 0.1) is 13.8 Å². The fraction of sp³-hybridized carbons (Fsp3) is 0.381. The van der Waals surface area contributed by atoms with Gasteiger partial charge in [0.25, 0.3) is 5.91 Å². The van der Waals surface area contributed by atoms with E-state index in [4.69, 9.17) is 0 Å². The standard InChI is InChI=1S/C21H25N5O2/c1-14-11-26-15(2)20(24-19(26)10-22-14)21(28)23-9-18(27)13-25-8-7-16-5-3-4-6-17(16)12-25/h3-6,10-11,18,27H,7-9,12-13H2,1-2H3,(H,23,28). The molecule has 146 valence electrons. The first-order valence-corrected chi connectivity index (χ1v) is 9.58. The second kappa shape index (κ2) is 7.69. The van der Waals surface area contributed by atoms with Gasteiger partial charge in [-0.1, -0.05) is 24.3 Å². The summed E-state index contributed by atoms with van der Waals surface area (Å²) in [6.45, 7) is 6.23. The summed E-state index contributed by atoms with van der Waals surface area (Å²) in [5, 5.41) is 13.2. The number of carbonyl (C=O) groups is 1. The molecule has 1 aromatic carbocycles. The number of amides is 1. The Bertz CT molecular complexity index is 1010. The van der Waals surface area contributed by atoms with Gasteiger partial charge in [0.1, 0.15) is 5.69 Å². The lowest BCUT2D eigenvalue weighted by Crippen LogP contribution is -2.42. The van der Waals surface area contributed by atoms with Crippen LogP contribution >= 0.6 is 0 Å². The Kier molecular flexibility index (Phi) is 5.11. The summed E-state index contributed by atoms with van der Waals surface area (Å²) in [6, 6.07) is 8.42. The Morgan fingerprint density at radius 1 is 1.29 bits per heavy atom. The third kappa shape index (κ3) is 3.76. The Balaban J connectivity index is 1.34. The molecule has 2 aromatic heterocycles. The Hall–Kier alpha value is -2.77. The van der Waals surface area contributed by atoms with Gasteiger partial charge in [-0.2, -0.15) is 0 Å². The van der Waals surface area contributed by atoms with Crippen molar-refractivity contribution in [2.24, 2.45) is 0 Å². The summed E-state index contributed by atoms with van der Waals surface area (Å²) in [5.41, 5.74) is 5.33. The first-order valence-electron chi connectivity index (χ1n) is 9.58. The van der Waals surface area contributed by atoms with E-state index in [1.807, 2.05) is 30.5 Å². The molecule has 0 saturated heterocycles. The summed E-state index contributed by atoms with van der Waals surface area (Å²) in [5.74, 6) is -0.276. The number of aliphatic hydroxyl groups excluding tert-OH is 1. The molecular formula is C21H25N5O2. The molecule has 1 aliphatic heterocycles. The fourth-order valence-electron chi connectivity index (χ4n) is 3.75. The number of benzene rings is 1. The summed E-state index contributed by atoms with van der Waals surface area (Å²) in [7, 11) is 0. The van der Waals surface area contributed by atoms with Gasteiger partial charge in [0.2, 0.25) is 0 Å². The molecule has 1 atom stereocenters. The van der Waals surface area contributed by atoms with Crippen LogP contribution in [0.1, 0.15) is 33.0 Å². The van der Waals surface area contributed by atoms with Gasteiger partial charge < -0.3 is 14.8 Å². The van der Waals surface area contributed by atoms with E-state index < -0.39 is 6.10 Å². The van der Waals surface area contributed by atoms with Gasteiger partial charge in [-0.15, -0.1) is 0 Å². The molecule has 7 nitrogen and oxygen atoms in total. The van der Waals surface area contributed by atoms with Crippen molar-refractivity contribution in [3.63, 3.8) is 0 Å². The molecule has 3 aromatic rings. The van der Waals surface area contributed by atoms with Gasteiger partial charge in [-0.05, 0) is 31.4 Å². The third-order valence-electron chi connectivity index (χ3n) is 5.27. The van der Waals surface area contributed by atoms with Crippen molar-refractivity contribution in [3.05, 3.63) is 64.9 Å². The Labute approximate surface area is 164 Å². The van der Waals surface area contributed by atoms with Crippen LogP contribution in [-0.4, -0.2) is 56.0 Å². The minimum absolute atomic E-state index is 0.196. The zero-order valence-electron chi connectivity index (χ0n) is 16.2. The van der Waals surface area contributed by atoms with Crippen molar-refractivity contribution < 1.29 is 9.90 Å². The molecule has 7 heteroatoms. The molecule has 3 heterocycles. The van der Waals surface area contributed by atoms with Gasteiger partial charge in [-0.25, -0.2) is 4.98 Å². The van der Waals surface area contributed by atoms with Crippen LogP contribution < -0.4 is 5.32 Å². The van der Waals surface area contributed by atoms with E-state index in [9.17, 15) is 9.90 Å². The zero-order chi connectivity index (χ0) is 19.7. The van der Waals surface area contributed by atoms with Crippen LogP contribution in [0.4, 0.5) is 0 Å². The molecule has 28 heavy (non-hydrogen) atoms. The Morgan fingerprint density at radius 3 is 2.89 bits per heavy atom. The topological polar surface area (TPSA) is 82.8 Å².